The molecule has 4 N–H and O–H groups in total. The van der Waals surface area contributed by atoms with Gasteiger partial charge in [0.05, 0.1) is 11.7 Å². The van der Waals surface area contributed by atoms with E-state index in [4.69, 9.17) is 5.84 Å². The normalized spacial score (nSPS) is 16.7. The van der Waals surface area contributed by atoms with Gasteiger partial charge in [-0.2, -0.15) is 0 Å². The van der Waals surface area contributed by atoms with E-state index in [-0.39, 0.29) is 23.3 Å². The Bertz CT molecular complexity index is 482. The van der Waals surface area contributed by atoms with Gasteiger partial charge in [-0.25, -0.2) is 19.6 Å². The van der Waals surface area contributed by atoms with Crippen LogP contribution in [0.5, 0.6) is 0 Å². The number of guanidine groups is 1. The van der Waals surface area contributed by atoms with Crippen molar-refractivity contribution in [3.63, 3.8) is 0 Å². The van der Waals surface area contributed by atoms with Crippen molar-refractivity contribution >= 4 is 11.6 Å². The fourth-order valence-corrected chi connectivity index (χ4v) is 2.19. The fraction of sp³-hybridized carbons (Fsp3) is 0.462. The van der Waals surface area contributed by atoms with Gasteiger partial charge in [-0.1, -0.05) is 12.8 Å². The van der Waals surface area contributed by atoms with Gasteiger partial charge in [-0.15, -0.1) is 0 Å². The van der Waals surface area contributed by atoms with E-state index in [1.54, 1.807) is 0 Å². The maximum atomic E-state index is 13.7. The highest BCUT2D eigenvalue weighted by Crippen LogP contribution is 2.22. The molecular formula is C13H18F2N4. The molecule has 0 atom stereocenters. The summed E-state index contributed by atoms with van der Waals surface area (Å²) in [5.74, 6) is 4.61. The molecule has 1 aliphatic rings. The number of nitrogens with zero attached hydrogens (tertiary/aromatic N) is 1. The van der Waals surface area contributed by atoms with Crippen LogP contribution in [0.4, 0.5) is 14.5 Å². The van der Waals surface area contributed by atoms with Crippen LogP contribution >= 0.6 is 0 Å². The second-order valence-electron chi connectivity index (χ2n) is 4.77. The van der Waals surface area contributed by atoms with Crippen LogP contribution < -0.4 is 16.6 Å². The molecule has 1 aliphatic carbocycles. The molecule has 0 amide bonds. The Labute approximate surface area is 111 Å². The lowest BCUT2D eigenvalue weighted by atomic mass is 10.2. The molecule has 1 fully saturated rings. The van der Waals surface area contributed by atoms with Crippen molar-refractivity contribution in [3.8, 4) is 0 Å². The molecule has 19 heavy (non-hydrogen) atoms. The first-order valence-electron chi connectivity index (χ1n) is 6.37. The van der Waals surface area contributed by atoms with E-state index >= 15 is 0 Å². The van der Waals surface area contributed by atoms with Crippen LogP contribution in [0.25, 0.3) is 0 Å². The molecule has 0 aliphatic heterocycles. The minimum Gasteiger partial charge on any atom is -0.323 e. The number of nitrogens with one attached hydrogen (secondary N) is 2. The molecule has 4 nitrogen and oxygen atoms in total. The second-order valence-corrected chi connectivity index (χ2v) is 4.77. The van der Waals surface area contributed by atoms with Crippen molar-refractivity contribution in [1.82, 2.24) is 5.43 Å². The summed E-state index contributed by atoms with van der Waals surface area (Å²) in [6.45, 7) is 1.51. The van der Waals surface area contributed by atoms with E-state index in [0.717, 1.165) is 37.8 Å². The molecule has 6 heteroatoms. The minimum absolute atomic E-state index is 0.0257. The Morgan fingerprint density at radius 2 is 1.95 bits per heavy atom. The quantitative estimate of drug-likeness (QED) is 0.334. The summed E-state index contributed by atoms with van der Waals surface area (Å²) in [6, 6.07) is 2.44. The van der Waals surface area contributed by atoms with Gasteiger partial charge in [0.25, 0.3) is 0 Å². The number of benzene rings is 1. The number of aryl methyl sites for hydroxylation is 1. The molecule has 1 aromatic carbocycles. The maximum Gasteiger partial charge on any atom is 0.210 e. The maximum absolute atomic E-state index is 13.7. The molecule has 104 valence electrons. The summed E-state index contributed by atoms with van der Waals surface area (Å²) < 4.78 is 27.1. The molecule has 0 radical (unpaired) electrons. The average Bonchev–Trinajstić information content (AvgIpc) is 2.87. The molecule has 0 spiro atoms. The van der Waals surface area contributed by atoms with Crippen molar-refractivity contribution < 1.29 is 8.78 Å². The second kappa shape index (κ2) is 5.97. The molecule has 2 rings (SSSR count). The highest BCUT2D eigenvalue weighted by atomic mass is 19.1. The first-order valence-corrected chi connectivity index (χ1v) is 6.37. The summed E-state index contributed by atoms with van der Waals surface area (Å²) in [5, 5.41) is 2.69. The molecule has 0 heterocycles. The van der Waals surface area contributed by atoms with Crippen LogP contribution in [0.2, 0.25) is 0 Å². The fourth-order valence-electron chi connectivity index (χ4n) is 2.19. The van der Waals surface area contributed by atoms with Gasteiger partial charge in [0.1, 0.15) is 11.6 Å². The molecular weight excluding hydrogens is 250 g/mol. The first-order chi connectivity index (χ1) is 9.10. The van der Waals surface area contributed by atoms with Gasteiger partial charge in [0, 0.05) is 6.07 Å². The van der Waals surface area contributed by atoms with Crippen LogP contribution in [0.1, 0.15) is 31.2 Å². The molecule has 1 aromatic rings. The Kier molecular flexibility index (Phi) is 4.31. The van der Waals surface area contributed by atoms with Crippen LogP contribution in [0.15, 0.2) is 17.1 Å². The van der Waals surface area contributed by atoms with E-state index < -0.39 is 11.6 Å². The highest BCUT2D eigenvalue weighted by molar-refractivity contribution is 5.93. The number of anilines is 1. The molecule has 1 saturated carbocycles. The average molecular weight is 268 g/mol. The van der Waals surface area contributed by atoms with Gasteiger partial charge < -0.3 is 5.32 Å². The molecule has 0 unspecified atom stereocenters. The Morgan fingerprint density at radius 1 is 1.26 bits per heavy atom. The number of hydrogen-bond acceptors (Lipinski definition) is 2. The van der Waals surface area contributed by atoms with E-state index in [0.29, 0.717) is 0 Å². The summed E-state index contributed by atoms with van der Waals surface area (Å²) in [4.78, 5) is 4.36. The van der Waals surface area contributed by atoms with Crippen LogP contribution in [-0.2, 0) is 0 Å². The number of aliphatic imine (C=N–C) groups is 1. The Morgan fingerprint density at radius 3 is 2.58 bits per heavy atom. The molecule has 0 saturated heterocycles. The van der Waals surface area contributed by atoms with Crippen molar-refractivity contribution in [2.75, 3.05) is 5.32 Å². The lowest BCUT2D eigenvalue weighted by Crippen LogP contribution is -2.37. The number of nitrogens with two attached hydrogens (primary N) is 1. The summed E-state index contributed by atoms with van der Waals surface area (Å²) in [7, 11) is 0. The van der Waals surface area contributed by atoms with Crippen molar-refractivity contribution in [3.05, 3.63) is 29.3 Å². The number of hydrazine groups is 1. The lowest BCUT2D eigenvalue weighted by molar-refractivity contribution is 0.595. The first kappa shape index (κ1) is 13.7. The third-order valence-electron chi connectivity index (χ3n) is 3.27. The third-order valence-corrected chi connectivity index (χ3v) is 3.27. The summed E-state index contributed by atoms with van der Waals surface area (Å²) in [6.07, 6.45) is 4.27. The van der Waals surface area contributed by atoms with E-state index in [1.807, 2.05) is 0 Å². The number of hydrogen-bond donors (Lipinski definition) is 3. The molecule has 0 aromatic heterocycles. The zero-order chi connectivity index (χ0) is 13.8. The monoisotopic (exact) mass is 268 g/mol. The largest absolute Gasteiger partial charge is 0.323 e. The summed E-state index contributed by atoms with van der Waals surface area (Å²) in [5.41, 5.74) is 2.68. The SMILES string of the molecule is Cc1cc(F)c(NC(=NC2CCCC2)NN)cc1F. The van der Waals surface area contributed by atoms with Gasteiger partial charge in [0.15, 0.2) is 0 Å². The van der Waals surface area contributed by atoms with Gasteiger partial charge in [0.2, 0.25) is 5.96 Å². The van der Waals surface area contributed by atoms with Gasteiger partial charge >= 0.3 is 0 Å². The van der Waals surface area contributed by atoms with E-state index in [9.17, 15) is 8.78 Å². The number of halogens is 2. The van der Waals surface area contributed by atoms with Crippen LogP contribution in [0, 0.1) is 18.6 Å². The Balaban J connectivity index is 2.15. The topological polar surface area (TPSA) is 62.4 Å². The standard InChI is InChI=1S/C13H18F2N4/c1-8-6-11(15)12(7-10(8)14)18-13(19-16)17-9-4-2-3-5-9/h6-7,9H,2-5,16H2,1H3,(H2,17,18,19). The smallest absolute Gasteiger partial charge is 0.210 e. The van der Waals surface area contributed by atoms with Crippen molar-refractivity contribution in [2.24, 2.45) is 10.8 Å². The van der Waals surface area contributed by atoms with Gasteiger partial charge in [-0.05, 0) is 31.4 Å². The predicted molar refractivity (Wildman–Crippen MR) is 71.7 cm³/mol. The summed E-state index contributed by atoms with van der Waals surface area (Å²) >= 11 is 0. The Hall–Kier alpha value is -1.69. The van der Waals surface area contributed by atoms with Crippen molar-refractivity contribution in [1.29, 1.82) is 0 Å². The highest BCUT2D eigenvalue weighted by Gasteiger charge is 2.15. The lowest BCUT2D eigenvalue weighted by Gasteiger charge is -2.13. The number of rotatable bonds is 2. The zero-order valence-electron chi connectivity index (χ0n) is 10.8. The molecule has 0 bridgehead atoms. The third kappa shape index (κ3) is 3.41. The van der Waals surface area contributed by atoms with Gasteiger partial charge in [-0.3, -0.25) is 5.43 Å². The zero-order valence-corrected chi connectivity index (χ0v) is 10.8. The minimum atomic E-state index is -0.534. The van der Waals surface area contributed by atoms with Crippen LogP contribution in [0.3, 0.4) is 0 Å². The van der Waals surface area contributed by atoms with Crippen LogP contribution in [-0.4, -0.2) is 12.0 Å². The van der Waals surface area contributed by atoms with E-state index in [1.165, 1.54) is 6.92 Å². The predicted octanol–water partition coefficient (Wildman–Crippen LogP) is 2.45. The van der Waals surface area contributed by atoms with Crippen molar-refractivity contribution in [2.45, 2.75) is 38.6 Å². The van der Waals surface area contributed by atoms with E-state index in [2.05, 4.69) is 15.7 Å².